The monoisotopic (exact) mass is 436 g/mol. The van der Waals surface area contributed by atoms with Gasteiger partial charge in [0.2, 0.25) is 5.91 Å². The van der Waals surface area contributed by atoms with E-state index >= 15 is 0 Å². The van der Waals surface area contributed by atoms with Crippen molar-refractivity contribution in [1.29, 1.82) is 0 Å². The molecule has 0 aliphatic heterocycles. The van der Waals surface area contributed by atoms with E-state index in [9.17, 15) is 13.2 Å². The first-order valence-electron chi connectivity index (χ1n) is 10.2. The summed E-state index contributed by atoms with van der Waals surface area (Å²) in [5.41, 5.74) is 4.72. The van der Waals surface area contributed by atoms with Gasteiger partial charge in [0.05, 0.1) is 10.6 Å². The van der Waals surface area contributed by atoms with Gasteiger partial charge in [0, 0.05) is 19.5 Å². The topological polar surface area (TPSA) is 66.5 Å². The summed E-state index contributed by atoms with van der Waals surface area (Å²) >= 11 is 0. The van der Waals surface area contributed by atoms with Crippen molar-refractivity contribution < 1.29 is 13.2 Å². The molecule has 1 amide bonds. The molecule has 0 bridgehead atoms. The lowest BCUT2D eigenvalue weighted by Crippen LogP contribution is -2.35. The molecule has 0 atom stereocenters. The summed E-state index contributed by atoms with van der Waals surface area (Å²) in [4.78, 5) is 12.7. The number of benzene rings is 3. The van der Waals surface area contributed by atoms with Crippen LogP contribution in [0, 0.1) is 20.8 Å². The summed E-state index contributed by atoms with van der Waals surface area (Å²) < 4.78 is 28.0. The maximum Gasteiger partial charge on any atom is 0.264 e. The third-order valence-corrected chi connectivity index (χ3v) is 6.92. The molecular formula is C25H28N2O3S. The van der Waals surface area contributed by atoms with Crippen molar-refractivity contribution in [1.82, 2.24) is 5.32 Å². The van der Waals surface area contributed by atoms with E-state index in [1.807, 2.05) is 57.2 Å². The van der Waals surface area contributed by atoms with Crippen molar-refractivity contribution in [3.63, 3.8) is 0 Å². The molecule has 0 spiro atoms. The van der Waals surface area contributed by atoms with Gasteiger partial charge in [-0.2, -0.15) is 0 Å². The van der Waals surface area contributed by atoms with E-state index in [1.165, 1.54) is 4.31 Å². The number of aryl methyl sites for hydroxylation is 3. The standard InChI is InChI=1S/C25H28N2O3S/c1-19-4-10-22(11-5-19)18-26-25(28)16-17-27(23-12-6-20(2)7-13-23)31(29,30)24-14-8-21(3)9-15-24/h4-15H,16-18H2,1-3H3,(H,26,28). The molecule has 0 saturated heterocycles. The summed E-state index contributed by atoms with van der Waals surface area (Å²) in [6.07, 6.45) is 0.0603. The van der Waals surface area contributed by atoms with Crippen molar-refractivity contribution >= 4 is 21.6 Å². The molecule has 31 heavy (non-hydrogen) atoms. The molecule has 0 heterocycles. The summed E-state index contributed by atoms with van der Waals surface area (Å²) in [6, 6.07) is 21.9. The number of carbonyl (C=O) groups is 1. The molecule has 3 rings (SSSR count). The Morgan fingerprint density at radius 3 is 1.81 bits per heavy atom. The second-order valence-corrected chi connectivity index (χ2v) is 9.60. The SMILES string of the molecule is Cc1ccc(CNC(=O)CCN(c2ccc(C)cc2)S(=O)(=O)c2ccc(C)cc2)cc1. The number of hydrogen-bond donors (Lipinski definition) is 1. The van der Waals surface area contributed by atoms with Gasteiger partial charge in [-0.15, -0.1) is 0 Å². The fourth-order valence-corrected chi connectivity index (χ4v) is 4.60. The highest BCUT2D eigenvalue weighted by atomic mass is 32.2. The smallest absolute Gasteiger partial charge is 0.264 e. The maximum atomic E-state index is 13.3. The van der Waals surface area contributed by atoms with Gasteiger partial charge in [-0.3, -0.25) is 9.10 Å². The molecule has 3 aromatic carbocycles. The van der Waals surface area contributed by atoms with Crippen molar-refractivity contribution in [2.24, 2.45) is 0 Å². The predicted molar refractivity (Wildman–Crippen MR) is 125 cm³/mol. The molecule has 1 N–H and O–H groups in total. The van der Waals surface area contributed by atoms with E-state index in [4.69, 9.17) is 0 Å². The Balaban J connectivity index is 1.75. The quantitative estimate of drug-likeness (QED) is 0.565. The van der Waals surface area contributed by atoms with Crippen LogP contribution in [0.2, 0.25) is 0 Å². The fourth-order valence-electron chi connectivity index (χ4n) is 3.13. The van der Waals surface area contributed by atoms with Crippen molar-refractivity contribution in [3.8, 4) is 0 Å². The van der Waals surface area contributed by atoms with E-state index in [0.29, 0.717) is 12.2 Å². The van der Waals surface area contributed by atoms with E-state index < -0.39 is 10.0 Å². The van der Waals surface area contributed by atoms with E-state index in [2.05, 4.69) is 5.32 Å². The second-order valence-electron chi connectivity index (χ2n) is 7.74. The average molecular weight is 437 g/mol. The maximum absolute atomic E-state index is 13.3. The Labute approximate surface area is 184 Å². The molecule has 0 aliphatic carbocycles. The number of hydrogen-bond acceptors (Lipinski definition) is 3. The van der Waals surface area contributed by atoms with Crippen LogP contribution in [0.15, 0.2) is 77.7 Å². The molecule has 5 nitrogen and oxygen atoms in total. The lowest BCUT2D eigenvalue weighted by molar-refractivity contribution is -0.121. The van der Waals surface area contributed by atoms with E-state index in [-0.39, 0.29) is 23.8 Å². The van der Waals surface area contributed by atoms with Gasteiger partial charge in [-0.05, 0) is 50.6 Å². The Bertz CT molecular complexity index is 1120. The van der Waals surface area contributed by atoms with Crippen LogP contribution in [0.5, 0.6) is 0 Å². The average Bonchev–Trinajstić information content (AvgIpc) is 2.75. The Kier molecular flexibility index (Phi) is 7.13. The first kappa shape index (κ1) is 22.6. The third-order valence-electron chi connectivity index (χ3n) is 5.08. The van der Waals surface area contributed by atoms with Crippen molar-refractivity contribution in [2.75, 3.05) is 10.8 Å². The first-order chi connectivity index (χ1) is 14.8. The highest BCUT2D eigenvalue weighted by Crippen LogP contribution is 2.24. The molecule has 0 radical (unpaired) electrons. The Morgan fingerprint density at radius 2 is 1.26 bits per heavy atom. The van der Waals surface area contributed by atoms with Crippen LogP contribution in [0.3, 0.4) is 0 Å². The lowest BCUT2D eigenvalue weighted by atomic mass is 10.1. The number of anilines is 1. The number of nitrogens with zero attached hydrogens (tertiary/aromatic N) is 1. The van der Waals surface area contributed by atoms with Crippen LogP contribution in [0.25, 0.3) is 0 Å². The van der Waals surface area contributed by atoms with Crippen molar-refractivity contribution in [3.05, 3.63) is 95.1 Å². The van der Waals surface area contributed by atoms with Crippen LogP contribution in [0.1, 0.15) is 28.7 Å². The molecule has 0 unspecified atom stereocenters. The van der Waals surface area contributed by atoms with Gasteiger partial charge >= 0.3 is 0 Å². The van der Waals surface area contributed by atoms with E-state index in [0.717, 1.165) is 22.3 Å². The molecular weight excluding hydrogens is 408 g/mol. The fraction of sp³-hybridized carbons (Fsp3) is 0.240. The zero-order valence-corrected chi connectivity index (χ0v) is 18.9. The van der Waals surface area contributed by atoms with E-state index in [1.54, 1.807) is 36.4 Å². The number of nitrogens with one attached hydrogen (secondary N) is 1. The first-order valence-corrected chi connectivity index (χ1v) is 11.7. The summed E-state index contributed by atoms with van der Waals surface area (Å²) in [6.45, 7) is 6.33. The molecule has 3 aromatic rings. The zero-order chi connectivity index (χ0) is 22.4. The van der Waals surface area contributed by atoms with Crippen molar-refractivity contribution in [2.45, 2.75) is 38.6 Å². The molecule has 0 aliphatic rings. The second kappa shape index (κ2) is 9.79. The molecule has 0 saturated carbocycles. The molecule has 162 valence electrons. The lowest BCUT2D eigenvalue weighted by Gasteiger charge is -2.24. The van der Waals surface area contributed by atoms with Crippen LogP contribution < -0.4 is 9.62 Å². The predicted octanol–water partition coefficient (Wildman–Crippen LogP) is 4.51. The van der Waals surface area contributed by atoms with Gasteiger partial charge in [0.15, 0.2) is 0 Å². The van der Waals surface area contributed by atoms with Crippen LogP contribution in [-0.2, 0) is 21.4 Å². The third kappa shape index (κ3) is 5.95. The summed E-state index contributed by atoms with van der Waals surface area (Å²) in [5, 5.41) is 2.87. The summed E-state index contributed by atoms with van der Waals surface area (Å²) in [7, 11) is -3.80. The highest BCUT2D eigenvalue weighted by Gasteiger charge is 2.25. The normalized spacial score (nSPS) is 11.2. The van der Waals surface area contributed by atoms with Gasteiger partial charge < -0.3 is 5.32 Å². The number of sulfonamides is 1. The molecule has 0 fully saturated rings. The van der Waals surface area contributed by atoms with Gasteiger partial charge in [0.25, 0.3) is 10.0 Å². The minimum atomic E-state index is -3.80. The largest absolute Gasteiger partial charge is 0.352 e. The number of rotatable bonds is 8. The highest BCUT2D eigenvalue weighted by molar-refractivity contribution is 7.92. The van der Waals surface area contributed by atoms with Crippen LogP contribution >= 0.6 is 0 Å². The summed E-state index contributed by atoms with van der Waals surface area (Å²) in [5.74, 6) is -0.197. The minimum absolute atomic E-state index is 0.0546. The molecule has 6 heteroatoms. The van der Waals surface area contributed by atoms with Crippen LogP contribution in [0.4, 0.5) is 5.69 Å². The van der Waals surface area contributed by atoms with Gasteiger partial charge in [0.1, 0.15) is 0 Å². The molecule has 0 aromatic heterocycles. The Hall–Kier alpha value is -3.12. The number of amides is 1. The Morgan fingerprint density at radius 1 is 0.774 bits per heavy atom. The number of carbonyl (C=O) groups excluding carboxylic acids is 1. The van der Waals surface area contributed by atoms with Crippen LogP contribution in [-0.4, -0.2) is 20.9 Å². The zero-order valence-electron chi connectivity index (χ0n) is 18.1. The van der Waals surface area contributed by atoms with Gasteiger partial charge in [-0.1, -0.05) is 65.2 Å². The minimum Gasteiger partial charge on any atom is -0.352 e. The van der Waals surface area contributed by atoms with Gasteiger partial charge in [-0.25, -0.2) is 8.42 Å².